The maximum Gasteiger partial charge on any atom is 0.152 e. The Labute approximate surface area is 131 Å². The summed E-state index contributed by atoms with van der Waals surface area (Å²) in [6.07, 6.45) is 4.11. The van der Waals surface area contributed by atoms with Gasteiger partial charge >= 0.3 is 0 Å². The highest BCUT2D eigenvalue weighted by molar-refractivity contribution is 5.77. The van der Waals surface area contributed by atoms with Gasteiger partial charge in [0.15, 0.2) is 5.82 Å². The lowest BCUT2D eigenvalue weighted by Gasteiger charge is -2.35. The van der Waals surface area contributed by atoms with E-state index in [1.807, 2.05) is 13.1 Å². The number of pyridine rings is 2. The molecular weight excluding hydrogens is 272 g/mol. The van der Waals surface area contributed by atoms with Crippen LogP contribution in [0.2, 0.25) is 0 Å². The Hall–Kier alpha value is -2.10. The number of nitrogens with zero attached hydrogens (tertiary/aromatic N) is 4. The largest absolute Gasteiger partial charge is 0.366 e. The fourth-order valence-electron chi connectivity index (χ4n) is 3.69. The molecule has 2 bridgehead atoms. The summed E-state index contributed by atoms with van der Waals surface area (Å²) in [6.45, 7) is 6.54. The van der Waals surface area contributed by atoms with E-state index in [1.165, 1.54) is 23.2 Å². The van der Waals surface area contributed by atoms with Crippen LogP contribution < -0.4 is 9.80 Å². The quantitative estimate of drug-likeness (QED) is 0.852. The molecule has 2 aromatic heterocycles. The molecule has 1 unspecified atom stereocenters. The highest BCUT2D eigenvalue weighted by atomic mass is 15.3. The number of aryl methyl sites for hydroxylation is 2. The molecule has 4 heteroatoms. The van der Waals surface area contributed by atoms with Gasteiger partial charge in [-0.05, 0) is 43.5 Å². The van der Waals surface area contributed by atoms with E-state index in [1.54, 1.807) is 0 Å². The Bertz CT molecular complexity index is 725. The molecule has 4 heterocycles. The minimum Gasteiger partial charge on any atom is -0.366 e. The number of hydrogen-bond donors (Lipinski definition) is 0. The second-order valence-corrected chi connectivity index (χ2v) is 6.38. The zero-order valence-corrected chi connectivity index (χ0v) is 13.5. The molecule has 0 aromatic carbocycles. The van der Waals surface area contributed by atoms with Crippen LogP contribution in [0.5, 0.6) is 0 Å². The molecule has 2 aliphatic rings. The Morgan fingerprint density at radius 3 is 2.95 bits per heavy atom. The van der Waals surface area contributed by atoms with Crippen LogP contribution in [0.25, 0.3) is 11.3 Å². The van der Waals surface area contributed by atoms with Gasteiger partial charge in [-0.1, -0.05) is 6.92 Å². The first-order valence-electron chi connectivity index (χ1n) is 8.12. The van der Waals surface area contributed by atoms with Crippen molar-refractivity contribution < 1.29 is 0 Å². The van der Waals surface area contributed by atoms with E-state index in [9.17, 15) is 0 Å². The van der Waals surface area contributed by atoms with Crippen LogP contribution in [0.4, 0.5) is 11.5 Å². The molecule has 4 nitrogen and oxygen atoms in total. The number of rotatable bonds is 2. The van der Waals surface area contributed by atoms with Crippen molar-refractivity contribution in [1.82, 2.24) is 9.97 Å². The average Bonchev–Trinajstić information content (AvgIpc) is 2.98. The summed E-state index contributed by atoms with van der Waals surface area (Å²) in [7, 11) is 2.19. The molecule has 0 spiro atoms. The molecule has 1 atom stereocenters. The molecule has 114 valence electrons. The van der Waals surface area contributed by atoms with E-state index in [0.717, 1.165) is 36.7 Å². The third-order valence-corrected chi connectivity index (χ3v) is 5.00. The first kappa shape index (κ1) is 13.6. The summed E-state index contributed by atoms with van der Waals surface area (Å²) < 4.78 is 0. The molecule has 0 N–H and O–H groups in total. The van der Waals surface area contributed by atoms with Crippen LogP contribution in [0, 0.1) is 6.92 Å². The normalized spacial score (nSPS) is 19.5. The van der Waals surface area contributed by atoms with E-state index in [2.05, 4.69) is 47.0 Å². The van der Waals surface area contributed by atoms with E-state index in [-0.39, 0.29) is 0 Å². The molecule has 0 amide bonds. The second kappa shape index (κ2) is 4.97. The van der Waals surface area contributed by atoms with E-state index in [0.29, 0.717) is 6.04 Å². The van der Waals surface area contributed by atoms with Crippen molar-refractivity contribution in [2.75, 3.05) is 29.9 Å². The van der Waals surface area contributed by atoms with Crippen LogP contribution in [-0.2, 0) is 6.42 Å². The number of fused-ring (bicyclic) bond motifs is 4. The van der Waals surface area contributed by atoms with Gasteiger partial charge in [-0.15, -0.1) is 0 Å². The zero-order valence-electron chi connectivity index (χ0n) is 13.5. The summed E-state index contributed by atoms with van der Waals surface area (Å²) in [5.41, 5.74) is 5.96. The van der Waals surface area contributed by atoms with Gasteiger partial charge in [0.1, 0.15) is 0 Å². The van der Waals surface area contributed by atoms with Crippen LogP contribution >= 0.6 is 0 Å². The third kappa shape index (κ3) is 1.97. The fraction of sp³-hybridized carbons (Fsp3) is 0.444. The maximum atomic E-state index is 5.07. The minimum absolute atomic E-state index is 0.611. The topological polar surface area (TPSA) is 32.3 Å². The Kier molecular flexibility index (Phi) is 3.06. The molecule has 2 aliphatic heterocycles. The lowest BCUT2D eigenvalue weighted by atomic mass is 10.0. The van der Waals surface area contributed by atoms with Crippen molar-refractivity contribution in [3.8, 4) is 11.3 Å². The minimum atomic E-state index is 0.611. The molecule has 0 aliphatic carbocycles. The second-order valence-electron chi connectivity index (χ2n) is 6.38. The summed E-state index contributed by atoms with van der Waals surface area (Å²) in [6, 6.07) is 7.16. The van der Waals surface area contributed by atoms with Crippen LogP contribution in [0.1, 0.15) is 24.6 Å². The van der Waals surface area contributed by atoms with Gasteiger partial charge in [0.25, 0.3) is 0 Å². The van der Waals surface area contributed by atoms with Crippen LogP contribution in [0.3, 0.4) is 0 Å². The van der Waals surface area contributed by atoms with Crippen molar-refractivity contribution in [3.05, 3.63) is 35.7 Å². The smallest absolute Gasteiger partial charge is 0.152 e. The van der Waals surface area contributed by atoms with Crippen molar-refractivity contribution >= 4 is 11.5 Å². The summed E-state index contributed by atoms with van der Waals surface area (Å²) >= 11 is 0. The predicted octanol–water partition coefficient (Wildman–Crippen LogP) is 3.04. The third-order valence-electron chi connectivity index (χ3n) is 5.00. The maximum absolute atomic E-state index is 5.07. The molecule has 4 rings (SSSR count). The molecule has 0 saturated carbocycles. The summed E-state index contributed by atoms with van der Waals surface area (Å²) in [5, 5.41) is 0. The molecule has 1 saturated heterocycles. The molecule has 0 radical (unpaired) electrons. The average molecular weight is 294 g/mol. The standard InChI is InChI=1S/C18H22N4/c1-4-13-10-16-18(21(3)15-6-8-22(16)11-15)20-17(13)14-5-7-19-12(2)9-14/h5,7,9-10,15H,4,6,8,11H2,1-3H3. The first-order valence-corrected chi connectivity index (χ1v) is 8.12. The highest BCUT2D eigenvalue weighted by Gasteiger charge is 2.35. The molecule has 22 heavy (non-hydrogen) atoms. The van der Waals surface area contributed by atoms with E-state index >= 15 is 0 Å². The van der Waals surface area contributed by atoms with Crippen LogP contribution in [-0.4, -0.2) is 36.1 Å². The number of likely N-dealkylation sites (N-methyl/N-ethyl adjacent to an activating group) is 1. The summed E-state index contributed by atoms with van der Waals surface area (Å²) in [4.78, 5) is 14.2. The molecule has 1 fully saturated rings. The number of anilines is 2. The van der Waals surface area contributed by atoms with E-state index < -0.39 is 0 Å². The predicted molar refractivity (Wildman–Crippen MR) is 90.6 cm³/mol. The SMILES string of the molecule is CCc1cc2c(nc1-c1ccnc(C)c1)N(C)C1CCN2C1. The Balaban J connectivity index is 1.90. The van der Waals surface area contributed by atoms with Gasteiger partial charge in [0.05, 0.1) is 11.4 Å². The van der Waals surface area contributed by atoms with Gasteiger partial charge in [-0.25, -0.2) is 4.98 Å². The number of aromatic nitrogens is 2. The molecular formula is C18H22N4. The van der Waals surface area contributed by atoms with Crippen molar-refractivity contribution in [2.24, 2.45) is 0 Å². The van der Waals surface area contributed by atoms with Gasteiger partial charge in [0, 0.05) is 43.6 Å². The first-order chi connectivity index (χ1) is 10.7. The Morgan fingerprint density at radius 1 is 1.32 bits per heavy atom. The van der Waals surface area contributed by atoms with Gasteiger partial charge < -0.3 is 9.80 Å². The van der Waals surface area contributed by atoms with Gasteiger partial charge in [-0.2, -0.15) is 0 Å². The Morgan fingerprint density at radius 2 is 2.18 bits per heavy atom. The number of hydrogen-bond acceptors (Lipinski definition) is 4. The fourth-order valence-corrected chi connectivity index (χ4v) is 3.69. The van der Waals surface area contributed by atoms with Crippen molar-refractivity contribution in [2.45, 2.75) is 32.7 Å². The zero-order chi connectivity index (χ0) is 15.3. The van der Waals surface area contributed by atoms with Crippen LogP contribution in [0.15, 0.2) is 24.4 Å². The van der Waals surface area contributed by atoms with Gasteiger partial charge in [-0.3, -0.25) is 4.98 Å². The van der Waals surface area contributed by atoms with E-state index in [4.69, 9.17) is 4.98 Å². The lowest BCUT2D eigenvalue weighted by molar-refractivity contribution is 0.672. The molecule has 2 aromatic rings. The van der Waals surface area contributed by atoms with Gasteiger partial charge in [0.2, 0.25) is 0 Å². The highest BCUT2D eigenvalue weighted by Crippen LogP contribution is 2.40. The monoisotopic (exact) mass is 294 g/mol. The van der Waals surface area contributed by atoms with Crippen molar-refractivity contribution in [1.29, 1.82) is 0 Å². The lowest BCUT2D eigenvalue weighted by Crippen LogP contribution is -2.40. The summed E-state index contributed by atoms with van der Waals surface area (Å²) in [5.74, 6) is 1.13. The van der Waals surface area contributed by atoms with Crippen molar-refractivity contribution in [3.63, 3.8) is 0 Å².